The zero-order valence-electron chi connectivity index (χ0n) is 20.4. The number of nitrogens with zero attached hydrogens (tertiary/aromatic N) is 3. The number of H-pyrrole nitrogens is 2. The first kappa shape index (κ1) is 23.7. The number of nitriles is 1. The first-order valence-corrected chi connectivity index (χ1v) is 11.8. The fourth-order valence-corrected chi connectivity index (χ4v) is 4.73. The van der Waals surface area contributed by atoms with Crippen molar-refractivity contribution in [1.29, 1.82) is 5.26 Å². The van der Waals surface area contributed by atoms with Gasteiger partial charge in [-0.15, -0.1) is 0 Å². The van der Waals surface area contributed by atoms with Crippen LogP contribution in [0.25, 0.3) is 11.4 Å². The Morgan fingerprint density at radius 2 is 1.22 bits per heavy atom. The van der Waals surface area contributed by atoms with Crippen molar-refractivity contribution in [3.05, 3.63) is 134 Å². The molecule has 5 rings (SSSR count). The van der Waals surface area contributed by atoms with E-state index in [1.54, 1.807) is 12.1 Å². The Morgan fingerprint density at radius 1 is 0.757 bits per heavy atom. The van der Waals surface area contributed by atoms with Gasteiger partial charge in [-0.25, -0.2) is 9.36 Å². The molecule has 0 fully saturated rings. The Labute approximate surface area is 213 Å². The Balaban J connectivity index is 1.79. The van der Waals surface area contributed by atoms with E-state index in [2.05, 4.69) is 10.2 Å². The molecule has 0 saturated carbocycles. The number of aromatic nitrogens is 4. The molecule has 8 nitrogen and oxygen atoms in total. The van der Waals surface area contributed by atoms with Crippen LogP contribution in [0.4, 0.5) is 0 Å². The second kappa shape index (κ2) is 9.91. The number of benzene rings is 3. The van der Waals surface area contributed by atoms with E-state index in [1.165, 1.54) is 9.36 Å². The third kappa shape index (κ3) is 4.28. The minimum absolute atomic E-state index is 0.162. The lowest BCUT2D eigenvalue weighted by Crippen LogP contribution is -2.25. The summed E-state index contributed by atoms with van der Waals surface area (Å²) in [5, 5.41) is 15.5. The third-order valence-corrected chi connectivity index (χ3v) is 6.36. The summed E-state index contributed by atoms with van der Waals surface area (Å²) < 4.78 is 8.71. The molecule has 3 aromatic carbocycles. The maximum absolute atomic E-state index is 13.9. The van der Waals surface area contributed by atoms with Crippen LogP contribution in [0, 0.1) is 25.2 Å². The summed E-state index contributed by atoms with van der Waals surface area (Å²) in [7, 11) is 0. The summed E-state index contributed by atoms with van der Waals surface area (Å²) in [6.07, 6.45) is 0. The van der Waals surface area contributed by atoms with Gasteiger partial charge < -0.3 is 4.74 Å². The van der Waals surface area contributed by atoms with Crippen molar-refractivity contribution >= 4 is 0 Å². The molecule has 2 aromatic heterocycles. The number of rotatable bonds is 7. The monoisotopic (exact) mass is 491 g/mol. The highest BCUT2D eigenvalue weighted by Crippen LogP contribution is 2.37. The molecule has 0 aliphatic carbocycles. The minimum atomic E-state index is -0.752. The molecular weight excluding hydrogens is 466 g/mol. The standard InChI is InChI=1S/C29H25N5O3/c1-19-25(28(35)33(31-19)21-11-5-3-6-12-21)27(23-15-9-10-16-24(23)37-18-17-30)26-20(2)32-34(29(26)36)22-13-7-4-8-14-22/h3-16,27,31-32H,18H2,1-2H3. The Kier molecular flexibility index (Phi) is 6.35. The molecule has 37 heavy (non-hydrogen) atoms. The van der Waals surface area contributed by atoms with E-state index in [1.807, 2.05) is 92.7 Å². The normalized spacial score (nSPS) is 11.0. The van der Waals surface area contributed by atoms with E-state index < -0.39 is 5.92 Å². The molecule has 0 spiro atoms. The van der Waals surface area contributed by atoms with Crippen LogP contribution in [0.15, 0.2) is 94.5 Å². The van der Waals surface area contributed by atoms with Gasteiger partial charge in [0.15, 0.2) is 6.61 Å². The van der Waals surface area contributed by atoms with Crippen molar-refractivity contribution < 1.29 is 4.74 Å². The van der Waals surface area contributed by atoms with Gasteiger partial charge in [0, 0.05) is 17.0 Å². The zero-order chi connectivity index (χ0) is 25.9. The van der Waals surface area contributed by atoms with Gasteiger partial charge in [-0.3, -0.25) is 19.8 Å². The van der Waals surface area contributed by atoms with Crippen LogP contribution in [0.5, 0.6) is 5.75 Å². The maximum atomic E-state index is 13.9. The number of aryl methyl sites for hydroxylation is 2. The van der Waals surface area contributed by atoms with Gasteiger partial charge in [-0.1, -0.05) is 54.6 Å². The molecular formula is C29H25N5O3. The second-order valence-corrected chi connectivity index (χ2v) is 8.67. The second-order valence-electron chi connectivity index (χ2n) is 8.67. The van der Waals surface area contributed by atoms with E-state index in [9.17, 15) is 9.59 Å². The molecule has 0 amide bonds. The highest BCUT2D eigenvalue weighted by molar-refractivity contribution is 5.52. The lowest BCUT2D eigenvalue weighted by molar-refractivity contribution is 0.363. The van der Waals surface area contributed by atoms with Gasteiger partial charge in [0.25, 0.3) is 11.1 Å². The van der Waals surface area contributed by atoms with Crippen molar-refractivity contribution in [2.75, 3.05) is 6.61 Å². The topological polar surface area (TPSA) is 109 Å². The third-order valence-electron chi connectivity index (χ3n) is 6.36. The summed E-state index contributed by atoms with van der Waals surface area (Å²) in [6.45, 7) is 3.48. The van der Waals surface area contributed by atoms with Crippen LogP contribution in [0.3, 0.4) is 0 Å². The van der Waals surface area contributed by atoms with Crippen LogP contribution >= 0.6 is 0 Å². The number of hydrogen-bond donors (Lipinski definition) is 2. The van der Waals surface area contributed by atoms with Crippen molar-refractivity contribution in [3.63, 3.8) is 0 Å². The molecule has 184 valence electrons. The summed E-state index contributed by atoms with van der Waals surface area (Å²) in [5.41, 5.74) is 3.55. The van der Waals surface area contributed by atoms with Crippen molar-refractivity contribution in [1.82, 2.24) is 19.6 Å². The molecule has 0 radical (unpaired) electrons. The SMILES string of the molecule is Cc1[nH]n(-c2ccccc2)c(=O)c1C(c1ccccc1OCC#N)c1c(C)[nH]n(-c2ccccc2)c1=O. The number of para-hydroxylation sites is 3. The summed E-state index contributed by atoms with van der Waals surface area (Å²) in [4.78, 5) is 27.8. The number of nitrogens with one attached hydrogen (secondary N) is 2. The van der Waals surface area contributed by atoms with Crippen molar-refractivity contribution in [3.8, 4) is 23.2 Å². The average molecular weight is 492 g/mol. The van der Waals surface area contributed by atoms with Gasteiger partial charge >= 0.3 is 0 Å². The molecule has 0 bridgehead atoms. The maximum Gasteiger partial charge on any atom is 0.275 e. The Morgan fingerprint density at radius 3 is 1.70 bits per heavy atom. The van der Waals surface area contributed by atoms with E-state index in [4.69, 9.17) is 10.00 Å². The quantitative estimate of drug-likeness (QED) is 0.353. The largest absolute Gasteiger partial charge is 0.478 e. The van der Waals surface area contributed by atoms with Crippen LogP contribution in [-0.2, 0) is 0 Å². The first-order valence-electron chi connectivity index (χ1n) is 11.8. The van der Waals surface area contributed by atoms with E-state index in [-0.39, 0.29) is 17.7 Å². The van der Waals surface area contributed by atoms with Crippen LogP contribution in [0.2, 0.25) is 0 Å². The molecule has 2 N–H and O–H groups in total. The van der Waals surface area contributed by atoms with Crippen molar-refractivity contribution in [2.45, 2.75) is 19.8 Å². The van der Waals surface area contributed by atoms with Crippen LogP contribution < -0.4 is 15.9 Å². The zero-order valence-corrected chi connectivity index (χ0v) is 20.4. The molecule has 2 heterocycles. The number of aromatic amines is 2. The number of hydrogen-bond acceptors (Lipinski definition) is 4. The highest BCUT2D eigenvalue weighted by Gasteiger charge is 2.32. The Hall–Kier alpha value is -5.03. The summed E-state index contributed by atoms with van der Waals surface area (Å²) >= 11 is 0. The summed E-state index contributed by atoms with van der Waals surface area (Å²) in [5.74, 6) is -0.316. The molecule has 8 heteroatoms. The molecule has 0 unspecified atom stereocenters. The van der Waals surface area contributed by atoms with Crippen LogP contribution in [0.1, 0.15) is 34.0 Å². The predicted molar refractivity (Wildman–Crippen MR) is 141 cm³/mol. The predicted octanol–water partition coefficient (Wildman–Crippen LogP) is 4.34. The van der Waals surface area contributed by atoms with Gasteiger partial charge in [0.1, 0.15) is 11.8 Å². The van der Waals surface area contributed by atoms with E-state index in [0.717, 1.165) is 0 Å². The molecule has 0 aliphatic rings. The average Bonchev–Trinajstić information content (AvgIpc) is 3.39. The van der Waals surface area contributed by atoms with Crippen molar-refractivity contribution in [2.24, 2.45) is 0 Å². The van der Waals surface area contributed by atoms with Gasteiger partial charge in [-0.05, 0) is 44.2 Å². The lowest BCUT2D eigenvalue weighted by atomic mass is 9.84. The van der Waals surface area contributed by atoms with Gasteiger partial charge in [-0.2, -0.15) is 5.26 Å². The van der Waals surface area contributed by atoms with Gasteiger partial charge in [0.2, 0.25) is 0 Å². The first-order chi connectivity index (χ1) is 18.0. The van der Waals surface area contributed by atoms with Crippen LogP contribution in [-0.4, -0.2) is 26.2 Å². The molecule has 0 atom stereocenters. The molecule has 0 saturated heterocycles. The summed E-state index contributed by atoms with van der Waals surface area (Å²) in [6, 6.07) is 27.7. The molecule has 5 aromatic rings. The highest BCUT2D eigenvalue weighted by atomic mass is 16.5. The minimum Gasteiger partial charge on any atom is -0.478 e. The number of ether oxygens (including phenoxy) is 1. The fraction of sp³-hybridized carbons (Fsp3) is 0.138. The smallest absolute Gasteiger partial charge is 0.275 e. The Bertz CT molecular complexity index is 1600. The fourth-order valence-electron chi connectivity index (χ4n) is 4.73. The molecule has 0 aliphatic heterocycles. The van der Waals surface area contributed by atoms with E-state index in [0.29, 0.717) is 45.2 Å². The van der Waals surface area contributed by atoms with Gasteiger partial charge in [0.05, 0.1) is 28.4 Å². The van der Waals surface area contributed by atoms with E-state index >= 15 is 0 Å². The lowest BCUT2D eigenvalue weighted by Gasteiger charge is -2.19.